The third-order valence-electron chi connectivity index (χ3n) is 0.993. The molecule has 0 fully saturated rings. The Morgan fingerprint density at radius 3 is 2.10 bits per heavy atom. The predicted molar refractivity (Wildman–Crippen MR) is 33.9 cm³/mol. The zero-order valence-electron chi connectivity index (χ0n) is 6.50. The van der Waals surface area contributed by atoms with E-state index in [4.69, 9.17) is 5.11 Å². The van der Waals surface area contributed by atoms with Gasteiger partial charge >= 0.3 is 0 Å². The fourth-order valence-electron chi connectivity index (χ4n) is 0.593. The van der Waals surface area contributed by atoms with E-state index >= 15 is 0 Å². The third kappa shape index (κ3) is 4.29. The van der Waals surface area contributed by atoms with Crippen molar-refractivity contribution in [3.8, 4) is 0 Å². The Labute approximate surface area is 60.3 Å². The molecule has 0 aliphatic carbocycles. The molecule has 4 nitrogen and oxygen atoms in total. The molecule has 0 aromatic rings. The Morgan fingerprint density at radius 2 is 2.00 bits per heavy atom. The molecule has 0 saturated heterocycles. The van der Waals surface area contributed by atoms with E-state index in [1.807, 2.05) is 0 Å². The molecule has 60 valence electrons. The number of hydrogen-bond donors (Lipinski definition) is 1. The highest BCUT2D eigenvalue weighted by atomic mass is 16.4. The molecule has 0 aromatic heterocycles. The maximum absolute atomic E-state index is 10.0. The summed E-state index contributed by atoms with van der Waals surface area (Å²) in [6.07, 6.45) is -1.36. The Balaban J connectivity index is 3.80. The maximum atomic E-state index is 10.0. The van der Waals surface area contributed by atoms with Crippen molar-refractivity contribution in [3.63, 3.8) is 0 Å². The van der Waals surface area contributed by atoms with Crippen molar-refractivity contribution in [1.29, 1.82) is 0 Å². The van der Waals surface area contributed by atoms with Crippen molar-refractivity contribution in [2.75, 3.05) is 27.7 Å². The van der Waals surface area contributed by atoms with Gasteiger partial charge in [-0.1, -0.05) is 0 Å². The van der Waals surface area contributed by atoms with E-state index in [1.165, 1.54) is 0 Å². The number of likely N-dealkylation sites (N-methyl/N-ethyl adjacent to an activating group) is 1. The summed E-state index contributed by atoms with van der Waals surface area (Å²) in [5, 5.41) is 18.8. The van der Waals surface area contributed by atoms with Crippen LogP contribution in [0.1, 0.15) is 0 Å². The predicted octanol–water partition coefficient (Wildman–Crippen LogP) is -2.20. The molecule has 10 heavy (non-hydrogen) atoms. The summed E-state index contributed by atoms with van der Waals surface area (Å²) in [7, 11) is 5.39. The monoisotopic (exact) mass is 147 g/mol. The molecule has 1 unspecified atom stereocenters. The normalized spacial score (nSPS) is 14.8. The lowest BCUT2D eigenvalue weighted by Crippen LogP contribution is -2.48. The zero-order chi connectivity index (χ0) is 8.36. The quantitative estimate of drug-likeness (QED) is 0.461. The minimum absolute atomic E-state index is 0.169. The summed E-state index contributed by atoms with van der Waals surface area (Å²) in [5.74, 6) is -1.41. The Morgan fingerprint density at radius 1 is 1.60 bits per heavy atom. The van der Waals surface area contributed by atoms with E-state index in [9.17, 15) is 9.90 Å². The van der Waals surface area contributed by atoms with Gasteiger partial charge in [-0.05, 0) is 0 Å². The smallest absolute Gasteiger partial charge is 0.142 e. The lowest BCUT2D eigenvalue weighted by Gasteiger charge is -2.26. The van der Waals surface area contributed by atoms with Crippen LogP contribution in [0.25, 0.3) is 0 Å². The molecule has 0 heterocycles. The van der Waals surface area contributed by atoms with Gasteiger partial charge < -0.3 is 19.5 Å². The summed E-state index contributed by atoms with van der Waals surface area (Å²) in [6, 6.07) is 0. The average Bonchev–Trinajstić information content (AvgIpc) is 1.60. The molecule has 1 atom stereocenters. The van der Waals surface area contributed by atoms with Crippen molar-refractivity contribution < 1.29 is 19.5 Å². The third-order valence-corrected chi connectivity index (χ3v) is 0.993. The van der Waals surface area contributed by atoms with Crippen molar-refractivity contribution >= 4 is 5.97 Å². The van der Waals surface area contributed by atoms with Crippen LogP contribution in [0.3, 0.4) is 0 Å². The molecule has 1 N–H and O–H groups in total. The molecule has 0 amide bonds. The summed E-state index contributed by atoms with van der Waals surface area (Å²) in [6.45, 7) is 0.169. The van der Waals surface area contributed by atoms with Crippen molar-refractivity contribution in [3.05, 3.63) is 0 Å². The molecule has 0 spiro atoms. The van der Waals surface area contributed by atoms with Gasteiger partial charge in [0, 0.05) is 0 Å². The second-order valence-corrected chi connectivity index (χ2v) is 3.31. The summed E-state index contributed by atoms with van der Waals surface area (Å²) in [4.78, 5) is 10.0. The Kier molecular flexibility index (Phi) is 2.80. The number of aliphatic hydroxyl groups excluding tert-OH is 1. The molecule has 0 rings (SSSR count). The second-order valence-electron chi connectivity index (χ2n) is 3.31. The first-order valence-corrected chi connectivity index (χ1v) is 3.02. The van der Waals surface area contributed by atoms with Gasteiger partial charge in [0.1, 0.15) is 12.6 Å². The van der Waals surface area contributed by atoms with Gasteiger partial charge in [-0.3, -0.25) is 0 Å². The summed E-state index contributed by atoms with van der Waals surface area (Å²) < 4.78 is 0.412. The van der Waals surface area contributed by atoms with E-state index in [-0.39, 0.29) is 6.54 Å². The van der Waals surface area contributed by atoms with Crippen LogP contribution < -0.4 is 5.11 Å². The zero-order valence-corrected chi connectivity index (χ0v) is 6.50. The van der Waals surface area contributed by atoms with Crippen LogP contribution in [0.2, 0.25) is 0 Å². The van der Waals surface area contributed by atoms with Crippen LogP contribution in [0.5, 0.6) is 0 Å². The molecule has 0 saturated carbocycles. The lowest BCUT2D eigenvalue weighted by molar-refractivity contribution is -0.872. The van der Waals surface area contributed by atoms with Crippen molar-refractivity contribution in [2.45, 2.75) is 6.10 Å². The first kappa shape index (κ1) is 9.39. The van der Waals surface area contributed by atoms with Crippen LogP contribution in [-0.4, -0.2) is 49.4 Å². The van der Waals surface area contributed by atoms with Crippen LogP contribution in [-0.2, 0) is 4.79 Å². The van der Waals surface area contributed by atoms with E-state index in [0.717, 1.165) is 0 Å². The highest BCUT2D eigenvalue weighted by Gasteiger charge is 2.15. The van der Waals surface area contributed by atoms with Crippen LogP contribution in [0.4, 0.5) is 0 Å². The molecular weight excluding hydrogens is 134 g/mol. The number of carbonyl (C=O) groups excluding carboxylic acids is 1. The minimum atomic E-state index is -1.41. The number of aliphatic hydroxyl groups is 1. The first-order valence-electron chi connectivity index (χ1n) is 3.02. The van der Waals surface area contributed by atoms with Crippen LogP contribution in [0.15, 0.2) is 0 Å². The van der Waals surface area contributed by atoms with Gasteiger partial charge in [0.05, 0.1) is 27.1 Å². The highest BCUT2D eigenvalue weighted by Crippen LogP contribution is 1.92. The first-order chi connectivity index (χ1) is 4.33. The number of rotatable bonds is 3. The number of nitrogens with zero attached hydrogens (tertiary/aromatic N) is 1. The molecule has 0 aliphatic rings. The SMILES string of the molecule is C[N+](C)(C)CC(O)C(=O)[O-]. The molecule has 0 aliphatic heterocycles. The van der Waals surface area contributed by atoms with Crippen molar-refractivity contribution in [1.82, 2.24) is 0 Å². The van der Waals surface area contributed by atoms with E-state index in [1.54, 1.807) is 21.1 Å². The summed E-state index contributed by atoms with van der Waals surface area (Å²) >= 11 is 0. The average molecular weight is 147 g/mol. The van der Waals surface area contributed by atoms with Gasteiger partial charge in [0.2, 0.25) is 0 Å². The Bertz CT molecular complexity index is 127. The fraction of sp³-hybridized carbons (Fsp3) is 0.833. The fourth-order valence-corrected chi connectivity index (χ4v) is 0.593. The maximum Gasteiger partial charge on any atom is 0.142 e. The highest BCUT2D eigenvalue weighted by molar-refractivity contribution is 5.69. The van der Waals surface area contributed by atoms with Gasteiger partial charge in [0.25, 0.3) is 0 Å². The lowest BCUT2D eigenvalue weighted by atomic mass is 10.3. The number of carboxylic acid groups (broad SMARTS) is 1. The Hall–Kier alpha value is -0.610. The van der Waals surface area contributed by atoms with Gasteiger partial charge in [-0.25, -0.2) is 0 Å². The second kappa shape index (κ2) is 2.98. The summed E-state index contributed by atoms with van der Waals surface area (Å²) in [5.41, 5.74) is 0. The van der Waals surface area contributed by atoms with Gasteiger partial charge in [0.15, 0.2) is 0 Å². The van der Waals surface area contributed by atoms with E-state index in [0.29, 0.717) is 4.48 Å². The number of carbonyl (C=O) groups is 1. The topological polar surface area (TPSA) is 60.4 Å². The van der Waals surface area contributed by atoms with E-state index < -0.39 is 12.1 Å². The van der Waals surface area contributed by atoms with E-state index in [2.05, 4.69) is 0 Å². The number of hydrogen-bond acceptors (Lipinski definition) is 3. The van der Waals surface area contributed by atoms with Crippen LogP contribution >= 0.6 is 0 Å². The largest absolute Gasteiger partial charge is 0.547 e. The molecule has 0 aromatic carbocycles. The number of quaternary nitrogens is 1. The minimum Gasteiger partial charge on any atom is -0.547 e. The van der Waals surface area contributed by atoms with Gasteiger partial charge in [-0.2, -0.15) is 0 Å². The van der Waals surface area contributed by atoms with Crippen LogP contribution in [0, 0.1) is 0 Å². The number of carboxylic acids is 1. The molecular formula is C6H13NO3. The molecule has 0 bridgehead atoms. The van der Waals surface area contributed by atoms with Crippen molar-refractivity contribution in [2.24, 2.45) is 0 Å². The molecule has 4 heteroatoms. The standard InChI is InChI=1S/C6H13NO3/c1-7(2,3)4-5(8)6(9)10/h5,8H,4H2,1-3H3. The number of aliphatic carboxylic acids is 1. The van der Waals surface area contributed by atoms with Gasteiger partial charge in [-0.15, -0.1) is 0 Å². The molecule has 0 radical (unpaired) electrons.